The molecule has 2 aliphatic rings. The SMILES string of the molecule is CCC1NCN(C2CCN(C)C(C)C2)C1=O. The summed E-state index contributed by atoms with van der Waals surface area (Å²) in [6.07, 6.45) is 3.13. The first-order chi connectivity index (χ1) is 7.63. The van der Waals surface area contributed by atoms with Crippen molar-refractivity contribution in [1.82, 2.24) is 15.1 Å². The molecule has 0 aromatic heterocycles. The van der Waals surface area contributed by atoms with Gasteiger partial charge in [-0.15, -0.1) is 0 Å². The average molecular weight is 225 g/mol. The summed E-state index contributed by atoms with van der Waals surface area (Å²) in [5, 5.41) is 3.29. The molecule has 0 bridgehead atoms. The van der Waals surface area contributed by atoms with Gasteiger partial charge >= 0.3 is 0 Å². The van der Waals surface area contributed by atoms with Gasteiger partial charge in [-0.1, -0.05) is 6.92 Å². The molecular weight excluding hydrogens is 202 g/mol. The lowest BCUT2D eigenvalue weighted by Crippen LogP contribution is -2.48. The Morgan fingerprint density at radius 1 is 1.50 bits per heavy atom. The quantitative estimate of drug-likeness (QED) is 0.749. The molecule has 2 saturated heterocycles. The van der Waals surface area contributed by atoms with E-state index in [4.69, 9.17) is 0 Å². The molecule has 3 unspecified atom stereocenters. The van der Waals surface area contributed by atoms with E-state index in [1.807, 2.05) is 0 Å². The van der Waals surface area contributed by atoms with E-state index in [-0.39, 0.29) is 6.04 Å². The maximum Gasteiger partial charge on any atom is 0.241 e. The fourth-order valence-electron chi connectivity index (χ4n) is 2.75. The average Bonchev–Trinajstić information content (AvgIpc) is 2.64. The third kappa shape index (κ3) is 2.09. The molecule has 0 aromatic carbocycles. The number of hydrogen-bond donors (Lipinski definition) is 1. The number of nitrogens with zero attached hydrogens (tertiary/aromatic N) is 2. The third-order valence-corrected chi connectivity index (χ3v) is 4.12. The molecule has 3 atom stereocenters. The zero-order chi connectivity index (χ0) is 11.7. The highest BCUT2D eigenvalue weighted by atomic mass is 16.2. The van der Waals surface area contributed by atoms with E-state index in [9.17, 15) is 4.79 Å². The Hall–Kier alpha value is -0.610. The molecule has 4 heteroatoms. The molecule has 0 aliphatic carbocycles. The van der Waals surface area contributed by atoms with Gasteiger partial charge in [0.25, 0.3) is 0 Å². The molecule has 0 radical (unpaired) electrons. The van der Waals surface area contributed by atoms with Crippen LogP contribution in [0.5, 0.6) is 0 Å². The van der Waals surface area contributed by atoms with E-state index in [1.54, 1.807) is 0 Å². The monoisotopic (exact) mass is 225 g/mol. The van der Waals surface area contributed by atoms with Crippen molar-refractivity contribution >= 4 is 5.91 Å². The maximum absolute atomic E-state index is 12.1. The van der Waals surface area contributed by atoms with Crippen molar-refractivity contribution in [2.24, 2.45) is 0 Å². The van der Waals surface area contributed by atoms with Crippen LogP contribution in [0.1, 0.15) is 33.1 Å². The molecule has 92 valence electrons. The molecule has 1 amide bonds. The summed E-state index contributed by atoms with van der Waals surface area (Å²) in [4.78, 5) is 16.5. The van der Waals surface area contributed by atoms with Gasteiger partial charge in [-0.25, -0.2) is 0 Å². The lowest BCUT2D eigenvalue weighted by atomic mass is 9.97. The van der Waals surface area contributed by atoms with Gasteiger partial charge in [-0.3, -0.25) is 10.1 Å². The molecule has 4 nitrogen and oxygen atoms in total. The van der Waals surface area contributed by atoms with Crippen LogP contribution in [-0.4, -0.2) is 54.1 Å². The summed E-state index contributed by atoms with van der Waals surface area (Å²) in [5.74, 6) is 0.309. The number of amides is 1. The molecule has 0 aromatic rings. The Balaban J connectivity index is 1.96. The summed E-state index contributed by atoms with van der Waals surface area (Å²) in [6, 6.07) is 1.10. The van der Waals surface area contributed by atoms with Crippen molar-refractivity contribution in [3.8, 4) is 0 Å². The minimum atomic E-state index is 0.0648. The molecule has 0 spiro atoms. The predicted octanol–water partition coefficient (Wildman–Crippen LogP) is 0.637. The maximum atomic E-state index is 12.1. The fraction of sp³-hybridized carbons (Fsp3) is 0.917. The van der Waals surface area contributed by atoms with Crippen LogP contribution in [0.3, 0.4) is 0 Å². The number of piperidine rings is 1. The van der Waals surface area contributed by atoms with Crippen molar-refractivity contribution in [2.75, 3.05) is 20.3 Å². The zero-order valence-corrected chi connectivity index (χ0v) is 10.6. The summed E-state index contributed by atoms with van der Waals surface area (Å²) in [5.41, 5.74) is 0. The molecule has 2 fully saturated rings. The van der Waals surface area contributed by atoms with Gasteiger partial charge < -0.3 is 9.80 Å². The van der Waals surface area contributed by atoms with Crippen LogP contribution >= 0.6 is 0 Å². The lowest BCUT2D eigenvalue weighted by Gasteiger charge is -2.39. The highest BCUT2D eigenvalue weighted by Gasteiger charge is 2.36. The molecular formula is C12H23N3O. The highest BCUT2D eigenvalue weighted by Crippen LogP contribution is 2.23. The summed E-state index contributed by atoms with van der Waals surface area (Å²) < 4.78 is 0. The van der Waals surface area contributed by atoms with Crippen LogP contribution in [-0.2, 0) is 4.79 Å². The minimum absolute atomic E-state index is 0.0648. The first kappa shape index (κ1) is 11.9. The van der Waals surface area contributed by atoms with Crippen molar-refractivity contribution in [3.63, 3.8) is 0 Å². The van der Waals surface area contributed by atoms with Crippen molar-refractivity contribution in [2.45, 2.75) is 51.2 Å². The normalized spacial score (nSPS) is 37.1. The molecule has 0 saturated carbocycles. The second-order valence-corrected chi connectivity index (χ2v) is 5.14. The minimum Gasteiger partial charge on any atom is -0.325 e. The van der Waals surface area contributed by atoms with Gasteiger partial charge in [0.1, 0.15) is 0 Å². The number of nitrogens with one attached hydrogen (secondary N) is 1. The van der Waals surface area contributed by atoms with Crippen LogP contribution in [0, 0.1) is 0 Å². The van der Waals surface area contributed by atoms with Crippen LogP contribution in [0.15, 0.2) is 0 Å². The summed E-state index contributed by atoms with van der Waals surface area (Å²) in [7, 11) is 2.17. The fourth-order valence-corrected chi connectivity index (χ4v) is 2.75. The van der Waals surface area contributed by atoms with E-state index in [2.05, 4.69) is 36.0 Å². The van der Waals surface area contributed by atoms with Crippen LogP contribution in [0.25, 0.3) is 0 Å². The Morgan fingerprint density at radius 2 is 2.25 bits per heavy atom. The number of likely N-dealkylation sites (tertiary alicyclic amines) is 1. The van der Waals surface area contributed by atoms with E-state index < -0.39 is 0 Å². The molecule has 2 rings (SSSR count). The Bertz CT molecular complexity index is 269. The molecule has 2 heterocycles. The van der Waals surface area contributed by atoms with Crippen LogP contribution in [0.4, 0.5) is 0 Å². The van der Waals surface area contributed by atoms with Crippen molar-refractivity contribution in [1.29, 1.82) is 0 Å². The topological polar surface area (TPSA) is 35.6 Å². The Kier molecular flexibility index (Phi) is 3.50. The standard InChI is InChI=1S/C12H23N3O/c1-4-11-12(16)15(8-13-11)10-5-6-14(3)9(2)7-10/h9-11,13H,4-8H2,1-3H3. The number of carbonyl (C=O) groups is 1. The summed E-state index contributed by atoms with van der Waals surface area (Å²) >= 11 is 0. The Morgan fingerprint density at radius 3 is 2.81 bits per heavy atom. The van der Waals surface area contributed by atoms with E-state index in [0.717, 1.165) is 32.5 Å². The lowest BCUT2D eigenvalue weighted by molar-refractivity contribution is -0.132. The van der Waals surface area contributed by atoms with Gasteiger partial charge in [-0.05, 0) is 33.2 Å². The first-order valence-electron chi connectivity index (χ1n) is 6.37. The first-order valence-corrected chi connectivity index (χ1v) is 6.37. The number of hydrogen-bond acceptors (Lipinski definition) is 3. The summed E-state index contributed by atoms with van der Waals surface area (Å²) in [6.45, 7) is 6.17. The number of carbonyl (C=O) groups excluding carboxylic acids is 1. The number of rotatable bonds is 2. The Labute approximate surface area is 98.0 Å². The second-order valence-electron chi connectivity index (χ2n) is 5.14. The highest BCUT2D eigenvalue weighted by molar-refractivity contribution is 5.84. The molecule has 2 aliphatic heterocycles. The molecule has 1 N–H and O–H groups in total. The van der Waals surface area contributed by atoms with E-state index >= 15 is 0 Å². The smallest absolute Gasteiger partial charge is 0.241 e. The van der Waals surface area contributed by atoms with Crippen molar-refractivity contribution < 1.29 is 4.79 Å². The van der Waals surface area contributed by atoms with Crippen LogP contribution in [0.2, 0.25) is 0 Å². The zero-order valence-electron chi connectivity index (χ0n) is 10.6. The van der Waals surface area contributed by atoms with E-state index in [0.29, 0.717) is 18.0 Å². The molecule has 16 heavy (non-hydrogen) atoms. The van der Waals surface area contributed by atoms with Crippen LogP contribution < -0.4 is 5.32 Å². The third-order valence-electron chi connectivity index (χ3n) is 4.12. The second kappa shape index (κ2) is 4.72. The van der Waals surface area contributed by atoms with Gasteiger partial charge in [0.2, 0.25) is 5.91 Å². The van der Waals surface area contributed by atoms with Gasteiger partial charge in [0.05, 0.1) is 12.7 Å². The van der Waals surface area contributed by atoms with Crippen molar-refractivity contribution in [3.05, 3.63) is 0 Å². The van der Waals surface area contributed by atoms with Gasteiger partial charge in [0.15, 0.2) is 0 Å². The van der Waals surface area contributed by atoms with Gasteiger partial charge in [0, 0.05) is 18.6 Å². The van der Waals surface area contributed by atoms with E-state index in [1.165, 1.54) is 0 Å². The predicted molar refractivity (Wildman–Crippen MR) is 64.0 cm³/mol. The van der Waals surface area contributed by atoms with Gasteiger partial charge in [-0.2, -0.15) is 0 Å². The largest absolute Gasteiger partial charge is 0.325 e.